The van der Waals surface area contributed by atoms with Gasteiger partial charge in [0.15, 0.2) is 6.04 Å². The standard InChI is InChI=1S/C20H23N7O/c28-20(19(27-16-22-23-24-27)18-4-2-1-3-5-18)26-14-12-25(13-15-26)11-8-17-6-9-21-10-7-17/h1-7,9-10,16,19H,8,11-15H2/t19-/m1/s1. The Labute approximate surface area is 163 Å². The fourth-order valence-corrected chi connectivity index (χ4v) is 3.53. The molecule has 2 aromatic heterocycles. The minimum atomic E-state index is -0.528. The summed E-state index contributed by atoms with van der Waals surface area (Å²) in [6.45, 7) is 4.14. The molecule has 0 bridgehead atoms. The fraction of sp³-hybridized carbons (Fsp3) is 0.350. The summed E-state index contributed by atoms with van der Waals surface area (Å²) in [5, 5.41) is 11.4. The van der Waals surface area contributed by atoms with Crippen LogP contribution in [0.2, 0.25) is 0 Å². The first-order valence-corrected chi connectivity index (χ1v) is 9.49. The van der Waals surface area contributed by atoms with Crippen molar-refractivity contribution in [1.29, 1.82) is 0 Å². The lowest BCUT2D eigenvalue weighted by molar-refractivity contribution is -0.135. The molecular weight excluding hydrogens is 354 g/mol. The van der Waals surface area contributed by atoms with Crippen LogP contribution in [0.15, 0.2) is 61.2 Å². The lowest BCUT2D eigenvalue weighted by atomic mass is 10.1. The van der Waals surface area contributed by atoms with E-state index in [1.165, 1.54) is 16.6 Å². The van der Waals surface area contributed by atoms with Gasteiger partial charge in [0.1, 0.15) is 6.33 Å². The van der Waals surface area contributed by atoms with Crippen LogP contribution in [0.1, 0.15) is 17.2 Å². The highest BCUT2D eigenvalue weighted by atomic mass is 16.2. The summed E-state index contributed by atoms with van der Waals surface area (Å²) in [7, 11) is 0. The molecule has 1 atom stereocenters. The molecule has 3 heterocycles. The molecule has 8 heteroatoms. The molecular formula is C20H23N7O. The molecule has 1 amide bonds. The second-order valence-corrected chi connectivity index (χ2v) is 6.88. The Balaban J connectivity index is 1.38. The van der Waals surface area contributed by atoms with Gasteiger partial charge < -0.3 is 4.90 Å². The van der Waals surface area contributed by atoms with Crippen molar-refractivity contribution >= 4 is 5.91 Å². The molecule has 1 aromatic carbocycles. The van der Waals surface area contributed by atoms with E-state index in [1.54, 1.807) is 0 Å². The van der Waals surface area contributed by atoms with Gasteiger partial charge in [-0.2, -0.15) is 0 Å². The molecule has 3 aromatic rings. The van der Waals surface area contributed by atoms with E-state index in [2.05, 4.69) is 37.5 Å². The summed E-state index contributed by atoms with van der Waals surface area (Å²) < 4.78 is 1.54. The molecule has 1 fully saturated rings. The maximum absolute atomic E-state index is 13.3. The number of carbonyl (C=O) groups excluding carboxylic acids is 1. The Bertz CT molecular complexity index is 862. The van der Waals surface area contributed by atoms with E-state index in [0.717, 1.165) is 31.6 Å². The number of hydrogen-bond donors (Lipinski definition) is 0. The maximum atomic E-state index is 13.3. The van der Waals surface area contributed by atoms with Crippen LogP contribution in [-0.2, 0) is 11.2 Å². The zero-order chi connectivity index (χ0) is 19.2. The zero-order valence-corrected chi connectivity index (χ0v) is 15.6. The Hall–Kier alpha value is -3.13. The van der Waals surface area contributed by atoms with E-state index < -0.39 is 6.04 Å². The van der Waals surface area contributed by atoms with Crippen molar-refractivity contribution in [2.75, 3.05) is 32.7 Å². The molecule has 1 saturated heterocycles. The zero-order valence-electron chi connectivity index (χ0n) is 15.6. The number of hydrogen-bond acceptors (Lipinski definition) is 6. The molecule has 0 radical (unpaired) electrons. The highest BCUT2D eigenvalue weighted by Gasteiger charge is 2.30. The lowest BCUT2D eigenvalue weighted by Gasteiger charge is -2.36. The average Bonchev–Trinajstić information content (AvgIpc) is 3.28. The Morgan fingerprint density at radius 1 is 1.00 bits per heavy atom. The number of tetrazole rings is 1. The Kier molecular flexibility index (Phi) is 5.67. The fourth-order valence-electron chi connectivity index (χ4n) is 3.53. The molecule has 144 valence electrons. The summed E-state index contributed by atoms with van der Waals surface area (Å²) in [4.78, 5) is 21.6. The second-order valence-electron chi connectivity index (χ2n) is 6.88. The molecule has 8 nitrogen and oxygen atoms in total. The number of nitrogens with zero attached hydrogens (tertiary/aromatic N) is 7. The predicted molar refractivity (Wildman–Crippen MR) is 103 cm³/mol. The van der Waals surface area contributed by atoms with Crippen LogP contribution in [0.5, 0.6) is 0 Å². The van der Waals surface area contributed by atoms with Crippen LogP contribution >= 0.6 is 0 Å². The van der Waals surface area contributed by atoms with Gasteiger partial charge in [0.05, 0.1) is 0 Å². The lowest BCUT2D eigenvalue weighted by Crippen LogP contribution is -2.51. The van der Waals surface area contributed by atoms with Gasteiger partial charge in [-0.05, 0) is 40.1 Å². The smallest absolute Gasteiger partial charge is 0.252 e. The summed E-state index contributed by atoms with van der Waals surface area (Å²) in [5.41, 5.74) is 2.18. The van der Waals surface area contributed by atoms with E-state index in [-0.39, 0.29) is 5.91 Å². The third-order valence-electron chi connectivity index (χ3n) is 5.13. The first kappa shape index (κ1) is 18.2. The van der Waals surface area contributed by atoms with Crippen molar-refractivity contribution in [1.82, 2.24) is 35.0 Å². The minimum Gasteiger partial charge on any atom is -0.338 e. The van der Waals surface area contributed by atoms with Gasteiger partial charge in [-0.1, -0.05) is 30.3 Å². The van der Waals surface area contributed by atoms with Crippen molar-refractivity contribution in [2.45, 2.75) is 12.5 Å². The van der Waals surface area contributed by atoms with Crippen LogP contribution in [0.3, 0.4) is 0 Å². The van der Waals surface area contributed by atoms with E-state index in [4.69, 9.17) is 0 Å². The van der Waals surface area contributed by atoms with Gasteiger partial charge in [0, 0.05) is 45.1 Å². The van der Waals surface area contributed by atoms with Crippen LogP contribution in [0.4, 0.5) is 0 Å². The number of piperazine rings is 1. The normalized spacial score (nSPS) is 16.1. The molecule has 0 spiro atoms. The van der Waals surface area contributed by atoms with Crippen molar-refractivity contribution < 1.29 is 4.79 Å². The average molecular weight is 377 g/mol. The molecule has 0 N–H and O–H groups in total. The van der Waals surface area contributed by atoms with Gasteiger partial charge in [-0.15, -0.1) is 5.10 Å². The van der Waals surface area contributed by atoms with Gasteiger partial charge >= 0.3 is 0 Å². The summed E-state index contributed by atoms with van der Waals surface area (Å²) in [6.07, 6.45) is 6.15. The topological polar surface area (TPSA) is 80.0 Å². The quantitative estimate of drug-likeness (QED) is 0.639. The number of rotatable bonds is 6. The van der Waals surface area contributed by atoms with Crippen LogP contribution < -0.4 is 0 Å². The first-order chi connectivity index (χ1) is 13.8. The summed E-state index contributed by atoms with van der Waals surface area (Å²) in [6, 6.07) is 13.2. The Morgan fingerprint density at radius 2 is 1.75 bits per heavy atom. The minimum absolute atomic E-state index is 0.0345. The summed E-state index contributed by atoms with van der Waals surface area (Å²) in [5.74, 6) is 0.0345. The van der Waals surface area contributed by atoms with Crippen molar-refractivity contribution in [3.8, 4) is 0 Å². The maximum Gasteiger partial charge on any atom is 0.252 e. The molecule has 0 saturated carbocycles. The number of benzene rings is 1. The summed E-state index contributed by atoms with van der Waals surface area (Å²) >= 11 is 0. The largest absolute Gasteiger partial charge is 0.338 e. The van der Waals surface area contributed by atoms with Crippen molar-refractivity contribution in [2.24, 2.45) is 0 Å². The van der Waals surface area contributed by atoms with Crippen LogP contribution in [0.25, 0.3) is 0 Å². The third-order valence-corrected chi connectivity index (χ3v) is 5.13. The van der Waals surface area contributed by atoms with E-state index in [9.17, 15) is 4.79 Å². The first-order valence-electron chi connectivity index (χ1n) is 9.49. The Morgan fingerprint density at radius 3 is 2.43 bits per heavy atom. The second kappa shape index (κ2) is 8.71. The van der Waals surface area contributed by atoms with Crippen LogP contribution in [-0.4, -0.2) is 73.6 Å². The predicted octanol–water partition coefficient (Wildman–Crippen LogP) is 1.04. The number of carbonyl (C=O) groups is 1. The third kappa shape index (κ3) is 4.23. The van der Waals surface area contributed by atoms with Crippen molar-refractivity contribution in [3.05, 3.63) is 72.3 Å². The van der Waals surface area contributed by atoms with Gasteiger partial charge in [-0.3, -0.25) is 14.7 Å². The molecule has 28 heavy (non-hydrogen) atoms. The van der Waals surface area contributed by atoms with E-state index in [0.29, 0.717) is 13.1 Å². The molecule has 1 aliphatic rings. The SMILES string of the molecule is O=C([C@@H](c1ccccc1)n1cnnn1)N1CCN(CCc2ccncc2)CC1. The highest BCUT2D eigenvalue weighted by Crippen LogP contribution is 2.20. The molecule has 0 aliphatic carbocycles. The van der Waals surface area contributed by atoms with Gasteiger partial charge in [0.2, 0.25) is 0 Å². The monoisotopic (exact) mass is 377 g/mol. The number of pyridine rings is 1. The van der Waals surface area contributed by atoms with Crippen LogP contribution in [0, 0.1) is 0 Å². The molecule has 1 aliphatic heterocycles. The molecule has 4 rings (SSSR count). The van der Waals surface area contributed by atoms with E-state index >= 15 is 0 Å². The number of amides is 1. The van der Waals surface area contributed by atoms with Crippen molar-refractivity contribution in [3.63, 3.8) is 0 Å². The highest BCUT2D eigenvalue weighted by molar-refractivity contribution is 5.83. The number of aromatic nitrogens is 5. The van der Waals surface area contributed by atoms with E-state index in [1.807, 2.05) is 47.6 Å². The van der Waals surface area contributed by atoms with Gasteiger partial charge in [-0.25, -0.2) is 4.68 Å². The molecule has 0 unspecified atom stereocenters. The van der Waals surface area contributed by atoms with Gasteiger partial charge in [0.25, 0.3) is 5.91 Å².